The number of hydrogen-bond donors (Lipinski definition) is 2. The molecule has 0 heterocycles. The second kappa shape index (κ2) is 7.94. The van der Waals surface area contributed by atoms with E-state index in [0.29, 0.717) is 12.8 Å². The van der Waals surface area contributed by atoms with Crippen LogP contribution >= 0.6 is 0 Å². The Balaban J connectivity index is 2.09. The van der Waals surface area contributed by atoms with Crippen LogP contribution in [0.25, 0.3) is 0 Å². The maximum absolute atomic E-state index is 12.5. The Labute approximate surface area is 130 Å². The summed E-state index contributed by atoms with van der Waals surface area (Å²) < 4.78 is 5.31. The summed E-state index contributed by atoms with van der Waals surface area (Å²) in [4.78, 5) is 23.9. The molecule has 1 amide bonds. The summed E-state index contributed by atoms with van der Waals surface area (Å²) in [7, 11) is 1.49. The largest absolute Gasteiger partial charge is 0.481 e. The highest BCUT2D eigenvalue weighted by Crippen LogP contribution is 2.25. The van der Waals surface area contributed by atoms with Crippen LogP contribution in [0.5, 0.6) is 0 Å². The van der Waals surface area contributed by atoms with Crippen molar-refractivity contribution in [2.24, 2.45) is 5.92 Å². The van der Waals surface area contributed by atoms with E-state index in [1.54, 1.807) is 0 Å². The lowest BCUT2D eigenvalue weighted by atomic mass is 9.94. The maximum atomic E-state index is 12.5. The zero-order valence-corrected chi connectivity index (χ0v) is 12.8. The van der Waals surface area contributed by atoms with Gasteiger partial charge < -0.3 is 15.2 Å². The predicted molar refractivity (Wildman–Crippen MR) is 82.3 cm³/mol. The number of carbonyl (C=O) groups is 2. The van der Waals surface area contributed by atoms with E-state index in [1.165, 1.54) is 7.11 Å². The van der Waals surface area contributed by atoms with Crippen molar-refractivity contribution in [2.75, 3.05) is 7.11 Å². The van der Waals surface area contributed by atoms with Gasteiger partial charge in [-0.2, -0.15) is 0 Å². The fraction of sp³-hybridized carbons (Fsp3) is 0.529. The van der Waals surface area contributed by atoms with Crippen LogP contribution in [-0.2, 0) is 14.3 Å². The van der Waals surface area contributed by atoms with Crippen molar-refractivity contribution < 1.29 is 19.4 Å². The smallest absolute Gasteiger partial charge is 0.308 e. The number of rotatable bonds is 5. The van der Waals surface area contributed by atoms with Crippen molar-refractivity contribution in [2.45, 2.75) is 44.2 Å². The van der Waals surface area contributed by atoms with Gasteiger partial charge in [0.15, 0.2) is 6.10 Å². The van der Waals surface area contributed by atoms with Gasteiger partial charge in [-0.05, 0) is 18.4 Å². The third-order valence-electron chi connectivity index (χ3n) is 4.24. The Bertz CT molecular complexity index is 503. The van der Waals surface area contributed by atoms with Crippen molar-refractivity contribution in [3.63, 3.8) is 0 Å². The van der Waals surface area contributed by atoms with E-state index in [0.717, 1.165) is 24.8 Å². The van der Waals surface area contributed by atoms with Crippen LogP contribution in [0.15, 0.2) is 30.3 Å². The third kappa shape index (κ3) is 4.07. The molecule has 5 nitrogen and oxygen atoms in total. The summed E-state index contributed by atoms with van der Waals surface area (Å²) in [6.45, 7) is 0. The molecule has 1 saturated carbocycles. The average Bonchev–Trinajstić information content (AvgIpc) is 2.74. The molecular formula is C17H23NO4. The van der Waals surface area contributed by atoms with Gasteiger partial charge in [0.05, 0.1) is 5.92 Å². The van der Waals surface area contributed by atoms with Crippen LogP contribution < -0.4 is 5.32 Å². The molecule has 0 bridgehead atoms. The van der Waals surface area contributed by atoms with Crippen LogP contribution in [0, 0.1) is 5.92 Å². The van der Waals surface area contributed by atoms with Crippen molar-refractivity contribution in [3.05, 3.63) is 35.9 Å². The Morgan fingerprint density at radius 3 is 2.50 bits per heavy atom. The van der Waals surface area contributed by atoms with Crippen molar-refractivity contribution in [3.8, 4) is 0 Å². The average molecular weight is 305 g/mol. The molecule has 2 N–H and O–H groups in total. The van der Waals surface area contributed by atoms with Crippen molar-refractivity contribution in [1.29, 1.82) is 0 Å². The van der Waals surface area contributed by atoms with Crippen molar-refractivity contribution >= 4 is 11.9 Å². The van der Waals surface area contributed by atoms with E-state index >= 15 is 0 Å². The summed E-state index contributed by atoms with van der Waals surface area (Å²) in [5.41, 5.74) is 0.767. The van der Waals surface area contributed by atoms with Gasteiger partial charge in [0.25, 0.3) is 5.91 Å². The molecule has 2 rings (SSSR count). The number of carboxylic acid groups (broad SMARTS) is 1. The molecule has 1 aliphatic carbocycles. The molecule has 0 aliphatic heterocycles. The number of hydrogen-bond acceptors (Lipinski definition) is 3. The van der Waals surface area contributed by atoms with Crippen LogP contribution in [0.1, 0.15) is 43.8 Å². The third-order valence-corrected chi connectivity index (χ3v) is 4.24. The zero-order valence-electron chi connectivity index (χ0n) is 12.8. The number of carbonyl (C=O) groups excluding carboxylic acids is 1. The number of aliphatic carboxylic acids is 1. The topological polar surface area (TPSA) is 75.6 Å². The van der Waals surface area contributed by atoms with Gasteiger partial charge in [0.2, 0.25) is 0 Å². The van der Waals surface area contributed by atoms with E-state index < -0.39 is 18.0 Å². The molecule has 1 fully saturated rings. The van der Waals surface area contributed by atoms with Gasteiger partial charge in [-0.25, -0.2) is 0 Å². The molecule has 1 aliphatic rings. The lowest BCUT2D eigenvalue weighted by Crippen LogP contribution is -2.45. The maximum Gasteiger partial charge on any atom is 0.308 e. The standard InChI is InChI=1S/C17H23NO4/c1-22-15(12-8-4-2-5-9-12)16(19)18-14-11-7-3-6-10-13(14)17(20)21/h2,4-5,8-9,13-15H,3,6-7,10-11H2,1H3,(H,18,19)(H,20,21)/t13-,14+,15?/m1/s1. The summed E-state index contributed by atoms with van der Waals surface area (Å²) in [6.07, 6.45) is 3.46. The van der Waals surface area contributed by atoms with E-state index in [2.05, 4.69) is 5.32 Å². The number of methoxy groups -OCH3 is 1. The van der Waals surface area contributed by atoms with Crippen LogP contribution in [0.4, 0.5) is 0 Å². The Hall–Kier alpha value is -1.88. The molecule has 1 unspecified atom stereocenters. The zero-order chi connectivity index (χ0) is 15.9. The van der Waals surface area contributed by atoms with Gasteiger partial charge >= 0.3 is 5.97 Å². The number of ether oxygens (including phenoxy) is 1. The second-order valence-electron chi connectivity index (χ2n) is 5.72. The molecule has 1 aromatic rings. The Kier molecular flexibility index (Phi) is 5.95. The minimum atomic E-state index is -0.833. The number of amides is 1. The van der Waals surface area contributed by atoms with Gasteiger partial charge in [-0.15, -0.1) is 0 Å². The van der Waals surface area contributed by atoms with E-state index in [1.807, 2.05) is 30.3 Å². The molecule has 0 spiro atoms. The van der Waals surface area contributed by atoms with Gasteiger partial charge in [0.1, 0.15) is 0 Å². The van der Waals surface area contributed by atoms with Crippen LogP contribution in [-0.4, -0.2) is 30.1 Å². The first-order valence-electron chi connectivity index (χ1n) is 7.74. The highest BCUT2D eigenvalue weighted by atomic mass is 16.5. The highest BCUT2D eigenvalue weighted by molar-refractivity contribution is 5.83. The molecular weight excluding hydrogens is 282 g/mol. The first-order valence-corrected chi connectivity index (χ1v) is 7.74. The molecule has 0 aromatic heterocycles. The monoisotopic (exact) mass is 305 g/mol. The highest BCUT2D eigenvalue weighted by Gasteiger charge is 2.32. The molecule has 22 heavy (non-hydrogen) atoms. The molecule has 0 saturated heterocycles. The van der Waals surface area contributed by atoms with E-state index in [9.17, 15) is 14.7 Å². The number of carboxylic acids is 1. The van der Waals surface area contributed by atoms with Crippen LogP contribution in [0.3, 0.4) is 0 Å². The fourth-order valence-electron chi connectivity index (χ4n) is 3.06. The van der Waals surface area contributed by atoms with E-state index in [-0.39, 0.29) is 11.9 Å². The first-order chi connectivity index (χ1) is 10.6. The minimum Gasteiger partial charge on any atom is -0.481 e. The first kappa shape index (κ1) is 16.5. The molecule has 5 heteroatoms. The lowest BCUT2D eigenvalue weighted by molar-refractivity contribution is -0.143. The van der Waals surface area contributed by atoms with Crippen molar-refractivity contribution in [1.82, 2.24) is 5.32 Å². The lowest BCUT2D eigenvalue weighted by Gasteiger charge is -2.25. The predicted octanol–water partition coefficient (Wildman–Crippen LogP) is 2.52. The Morgan fingerprint density at radius 2 is 1.86 bits per heavy atom. The summed E-state index contributed by atoms with van der Waals surface area (Å²) >= 11 is 0. The summed E-state index contributed by atoms with van der Waals surface area (Å²) in [6, 6.07) is 8.90. The fourth-order valence-corrected chi connectivity index (χ4v) is 3.06. The SMILES string of the molecule is COC(C(=O)N[C@H]1CCCCC[C@H]1C(=O)O)c1ccccc1. The summed E-state index contributed by atoms with van der Waals surface area (Å²) in [5, 5.41) is 12.3. The van der Waals surface area contributed by atoms with Gasteiger partial charge in [0, 0.05) is 13.2 Å². The molecule has 3 atom stereocenters. The van der Waals surface area contributed by atoms with Gasteiger partial charge in [-0.1, -0.05) is 49.6 Å². The Morgan fingerprint density at radius 1 is 1.18 bits per heavy atom. The minimum absolute atomic E-state index is 0.271. The molecule has 0 radical (unpaired) electrons. The number of benzene rings is 1. The quantitative estimate of drug-likeness (QED) is 0.820. The second-order valence-corrected chi connectivity index (χ2v) is 5.72. The molecule has 120 valence electrons. The number of nitrogens with one attached hydrogen (secondary N) is 1. The van der Waals surface area contributed by atoms with Gasteiger partial charge in [-0.3, -0.25) is 9.59 Å². The van der Waals surface area contributed by atoms with E-state index in [4.69, 9.17) is 4.74 Å². The van der Waals surface area contributed by atoms with Crippen LogP contribution in [0.2, 0.25) is 0 Å². The summed E-state index contributed by atoms with van der Waals surface area (Å²) in [5.74, 6) is -1.62. The normalized spacial score (nSPS) is 23.3. The molecule has 1 aromatic carbocycles.